The summed E-state index contributed by atoms with van der Waals surface area (Å²) >= 11 is 0. The molecule has 0 saturated carbocycles. The van der Waals surface area contributed by atoms with Crippen molar-refractivity contribution < 1.29 is 33.3 Å². The first-order valence-corrected chi connectivity index (χ1v) is 9.88. The molecule has 2 aliphatic rings. The van der Waals surface area contributed by atoms with Crippen LogP contribution in [0.1, 0.15) is 53.4 Å². The number of nitrogens with one attached hydrogen (secondary N) is 1. The number of hydrogen-bond acceptors (Lipinski definition) is 8. The number of esters is 3. The van der Waals surface area contributed by atoms with Gasteiger partial charge < -0.3 is 24.3 Å². The van der Waals surface area contributed by atoms with E-state index >= 15 is 0 Å². The van der Waals surface area contributed by atoms with Crippen LogP contribution in [-0.4, -0.2) is 43.8 Å². The normalized spacial score (nSPS) is 21.5. The third-order valence-corrected chi connectivity index (χ3v) is 4.43. The van der Waals surface area contributed by atoms with Gasteiger partial charge in [-0.2, -0.15) is 0 Å². The van der Waals surface area contributed by atoms with Crippen LogP contribution in [0.15, 0.2) is 22.8 Å². The van der Waals surface area contributed by atoms with Gasteiger partial charge in [-0.1, -0.05) is 19.8 Å². The standard InChI is InChI=1S/C20H29NO7/c1-5-8-9-10-21-17-16(19(23)26-7-3)15(18(22)25-6-2)14-13(28-17)11-12(4)27-20(14)24/h12,15,21H,5-11H2,1-4H3. The Labute approximate surface area is 165 Å². The van der Waals surface area contributed by atoms with Gasteiger partial charge in [-0.3, -0.25) is 4.79 Å². The molecule has 2 heterocycles. The van der Waals surface area contributed by atoms with Gasteiger partial charge in [0.1, 0.15) is 23.4 Å². The summed E-state index contributed by atoms with van der Waals surface area (Å²) in [5, 5.41) is 3.10. The number of cyclic esters (lactones) is 1. The van der Waals surface area contributed by atoms with Crippen molar-refractivity contribution in [2.45, 2.75) is 59.5 Å². The molecule has 0 saturated heterocycles. The van der Waals surface area contributed by atoms with Crippen molar-refractivity contribution in [3.63, 3.8) is 0 Å². The Morgan fingerprint density at radius 1 is 1.14 bits per heavy atom. The molecule has 2 rings (SSSR count). The first-order chi connectivity index (χ1) is 13.4. The molecule has 0 aromatic rings. The monoisotopic (exact) mass is 395 g/mol. The summed E-state index contributed by atoms with van der Waals surface area (Å²) in [6.45, 7) is 7.94. The first kappa shape index (κ1) is 21.8. The molecular formula is C20H29NO7. The second kappa shape index (κ2) is 10.1. The molecule has 2 atom stereocenters. The van der Waals surface area contributed by atoms with Crippen molar-refractivity contribution in [1.29, 1.82) is 0 Å². The molecule has 28 heavy (non-hydrogen) atoms. The zero-order valence-corrected chi connectivity index (χ0v) is 17.0. The number of unbranched alkanes of at least 4 members (excludes halogenated alkanes) is 2. The highest BCUT2D eigenvalue weighted by atomic mass is 16.6. The molecular weight excluding hydrogens is 366 g/mol. The zero-order valence-electron chi connectivity index (χ0n) is 17.0. The van der Waals surface area contributed by atoms with Crippen molar-refractivity contribution in [1.82, 2.24) is 5.32 Å². The van der Waals surface area contributed by atoms with Gasteiger partial charge >= 0.3 is 17.9 Å². The Kier molecular flexibility index (Phi) is 7.90. The van der Waals surface area contributed by atoms with E-state index in [1.807, 2.05) is 0 Å². The fraction of sp³-hybridized carbons (Fsp3) is 0.650. The quantitative estimate of drug-likeness (QED) is 0.361. The molecule has 2 unspecified atom stereocenters. The molecule has 0 bridgehead atoms. The van der Waals surface area contributed by atoms with Gasteiger partial charge in [-0.15, -0.1) is 0 Å². The lowest BCUT2D eigenvalue weighted by atomic mass is 9.86. The third-order valence-electron chi connectivity index (χ3n) is 4.43. The van der Waals surface area contributed by atoms with Gasteiger partial charge in [0.05, 0.1) is 18.8 Å². The molecule has 1 N–H and O–H groups in total. The Bertz CT molecular complexity index is 680. The van der Waals surface area contributed by atoms with Gasteiger partial charge in [0, 0.05) is 13.0 Å². The van der Waals surface area contributed by atoms with Crippen molar-refractivity contribution in [3.05, 3.63) is 22.8 Å². The highest BCUT2D eigenvalue weighted by molar-refractivity contribution is 6.05. The van der Waals surface area contributed by atoms with Crippen molar-refractivity contribution >= 4 is 17.9 Å². The Morgan fingerprint density at radius 3 is 2.50 bits per heavy atom. The summed E-state index contributed by atoms with van der Waals surface area (Å²) in [5.41, 5.74) is -0.0410. The molecule has 2 aliphatic heterocycles. The van der Waals surface area contributed by atoms with E-state index in [0.717, 1.165) is 19.3 Å². The van der Waals surface area contributed by atoms with Crippen LogP contribution in [0, 0.1) is 5.92 Å². The number of hydrogen-bond donors (Lipinski definition) is 1. The molecule has 0 aromatic heterocycles. The largest absolute Gasteiger partial charge is 0.465 e. The van der Waals surface area contributed by atoms with Crippen LogP contribution in [0.5, 0.6) is 0 Å². The van der Waals surface area contributed by atoms with Gasteiger partial charge in [-0.05, 0) is 27.2 Å². The first-order valence-electron chi connectivity index (χ1n) is 9.88. The van der Waals surface area contributed by atoms with E-state index in [9.17, 15) is 14.4 Å². The van der Waals surface area contributed by atoms with Gasteiger partial charge in [-0.25, -0.2) is 9.59 Å². The van der Waals surface area contributed by atoms with Crippen LogP contribution in [0.3, 0.4) is 0 Å². The summed E-state index contributed by atoms with van der Waals surface area (Å²) in [6, 6.07) is 0. The average Bonchev–Trinajstić information content (AvgIpc) is 2.64. The van der Waals surface area contributed by atoms with E-state index in [1.54, 1.807) is 20.8 Å². The highest BCUT2D eigenvalue weighted by Gasteiger charge is 2.47. The van der Waals surface area contributed by atoms with Gasteiger partial charge in [0.15, 0.2) is 0 Å². The minimum absolute atomic E-state index is 0.0127. The third kappa shape index (κ3) is 4.85. The maximum absolute atomic E-state index is 12.7. The van der Waals surface area contributed by atoms with Gasteiger partial charge in [0.25, 0.3) is 0 Å². The molecule has 8 nitrogen and oxygen atoms in total. The maximum Gasteiger partial charge on any atom is 0.340 e. The molecule has 0 spiro atoms. The van der Waals surface area contributed by atoms with E-state index in [-0.39, 0.29) is 36.3 Å². The topological polar surface area (TPSA) is 100 Å². The van der Waals surface area contributed by atoms with Crippen LogP contribution in [0.2, 0.25) is 0 Å². The van der Waals surface area contributed by atoms with Crippen LogP contribution in [0.4, 0.5) is 0 Å². The number of carbonyl (C=O) groups excluding carboxylic acids is 3. The Hall–Kier alpha value is -2.51. The van der Waals surface area contributed by atoms with E-state index < -0.39 is 23.8 Å². The summed E-state index contributed by atoms with van der Waals surface area (Å²) in [4.78, 5) is 37.9. The molecule has 0 radical (unpaired) electrons. The number of rotatable bonds is 9. The van der Waals surface area contributed by atoms with Gasteiger partial charge in [0.2, 0.25) is 5.88 Å². The summed E-state index contributed by atoms with van der Waals surface area (Å²) in [7, 11) is 0. The predicted molar refractivity (Wildman–Crippen MR) is 99.6 cm³/mol. The van der Waals surface area contributed by atoms with Crippen LogP contribution in [0.25, 0.3) is 0 Å². The number of carbonyl (C=O) groups is 3. The van der Waals surface area contributed by atoms with E-state index in [1.165, 1.54) is 0 Å². The Balaban J connectivity index is 2.47. The summed E-state index contributed by atoms with van der Waals surface area (Å²) < 4.78 is 21.4. The summed E-state index contributed by atoms with van der Waals surface area (Å²) in [5.74, 6) is -2.88. The molecule has 0 aromatic carbocycles. The second-order valence-electron chi connectivity index (χ2n) is 6.64. The van der Waals surface area contributed by atoms with E-state index in [4.69, 9.17) is 18.9 Å². The molecule has 0 amide bonds. The molecule has 8 heteroatoms. The molecule has 0 aliphatic carbocycles. The maximum atomic E-state index is 12.7. The average molecular weight is 395 g/mol. The van der Waals surface area contributed by atoms with Crippen molar-refractivity contribution in [2.75, 3.05) is 19.8 Å². The van der Waals surface area contributed by atoms with E-state index in [2.05, 4.69) is 12.2 Å². The van der Waals surface area contributed by atoms with Crippen molar-refractivity contribution in [2.24, 2.45) is 5.92 Å². The predicted octanol–water partition coefficient (Wildman–Crippen LogP) is 2.34. The van der Waals surface area contributed by atoms with Crippen LogP contribution < -0.4 is 5.32 Å². The summed E-state index contributed by atoms with van der Waals surface area (Å²) in [6.07, 6.45) is 2.84. The Morgan fingerprint density at radius 2 is 1.86 bits per heavy atom. The molecule has 156 valence electrons. The fourth-order valence-corrected chi connectivity index (χ4v) is 3.19. The zero-order chi connectivity index (χ0) is 20.7. The minimum atomic E-state index is -1.24. The van der Waals surface area contributed by atoms with Crippen LogP contribution >= 0.6 is 0 Å². The SMILES string of the molecule is CCCCCNC1=C(C(=O)OCC)C(C(=O)OCC)C2=C(CC(C)OC2=O)O1. The lowest BCUT2D eigenvalue weighted by Crippen LogP contribution is -2.41. The molecule has 0 fully saturated rings. The lowest BCUT2D eigenvalue weighted by Gasteiger charge is -2.33. The van der Waals surface area contributed by atoms with Crippen LogP contribution in [-0.2, 0) is 33.3 Å². The second-order valence-corrected chi connectivity index (χ2v) is 6.64. The minimum Gasteiger partial charge on any atom is -0.465 e. The lowest BCUT2D eigenvalue weighted by molar-refractivity contribution is -0.155. The van der Waals surface area contributed by atoms with Crippen molar-refractivity contribution in [3.8, 4) is 0 Å². The highest BCUT2D eigenvalue weighted by Crippen LogP contribution is 2.39. The number of ether oxygens (including phenoxy) is 4. The fourth-order valence-electron chi connectivity index (χ4n) is 3.19. The van der Waals surface area contributed by atoms with E-state index in [0.29, 0.717) is 18.7 Å². The smallest absolute Gasteiger partial charge is 0.340 e.